The molecule has 1 saturated heterocycles. The highest BCUT2D eigenvalue weighted by Gasteiger charge is 2.22. The Morgan fingerprint density at radius 1 is 1.04 bits per heavy atom. The fourth-order valence-electron chi connectivity index (χ4n) is 3.03. The second-order valence-electron chi connectivity index (χ2n) is 5.84. The molecule has 0 bridgehead atoms. The van der Waals surface area contributed by atoms with Crippen molar-refractivity contribution in [3.63, 3.8) is 0 Å². The highest BCUT2D eigenvalue weighted by Crippen LogP contribution is 2.27. The molecule has 4 rings (SSSR count). The second kappa shape index (κ2) is 5.83. The van der Waals surface area contributed by atoms with E-state index in [9.17, 15) is 0 Å². The number of piperazine rings is 1. The van der Waals surface area contributed by atoms with Gasteiger partial charge in [-0.3, -0.25) is 4.68 Å². The first kappa shape index (κ1) is 15.0. The maximum atomic E-state index is 6.30. The number of nitrogens with zero attached hydrogens (tertiary/aromatic N) is 6. The normalized spacial score (nSPS) is 15.2. The summed E-state index contributed by atoms with van der Waals surface area (Å²) in [5, 5.41) is 5.77. The summed E-state index contributed by atoms with van der Waals surface area (Å²) in [4.78, 5) is 13.5. The monoisotopic (exact) mass is 343 g/mol. The zero-order chi connectivity index (χ0) is 16.7. The number of fused-ring (bicyclic) bond motifs is 1. The SMILES string of the molecule is Cn1ncc2c(N)nc(N3CCN(c4ccccc4Cl)CC3)nc21. The van der Waals surface area contributed by atoms with Crippen molar-refractivity contribution in [2.75, 3.05) is 41.7 Å². The van der Waals surface area contributed by atoms with Crippen LogP contribution in [0.4, 0.5) is 17.5 Å². The Labute approximate surface area is 144 Å². The second-order valence-corrected chi connectivity index (χ2v) is 6.25. The van der Waals surface area contributed by atoms with Gasteiger partial charge in [0.2, 0.25) is 5.95 Å². The van der Waals surface area contributed by atoms with E-state index in [1.807, 2.05) is 31.3 Å². The first-order valence-corrected chi connectivity index (χ1v) is 8.21. The van der Waals surface area contributed by atoms with Crippen LogP contribution in [0, 0.1) is 0 Å². The standard InChI is InChI=1S/C16H18ClN7/c1-22-15-11(10-19-22)14(18)20-16(21-15)24-8-6-23(7-9-24)13-5-3-2-4-12(13)17/h2-5,10H,6-9H2,1H3,(H2,18,20,21). The Hall–Kier alpha value is -2.54. The Balaban J connectivity index is 1.56. The van der Waals surface area contributed by atoms with Crippen molar-refractivity contribution in [1.29, 1.82) is 0 Å². The van der Waals surface area contributed by atoms with E-state index in [2.05, 4.69) is 24.9 Å². The van der Waals surface area contributed by atoms with Crippen LogP contribution in [0.5, 0.6) is 0 Å². The molecule has 7 nitrogen and oxygen atoms in total. The molecule has 1 fully saturated rings. The quantitative estimate of drug-likeness (QED) is 0.766. The third-order valence-electron chi connectivity index (χ3n) is 4.37. The van der Waals surface area contributed by atoms with E-state index in [0.29, 0.717) is 11.8 Å². The van der Waals surface area contributed by atoms with E-state index >= 15 is 0 Å². The van der Waals surface area contributed by atoms with E-state index in [1.54, 1.807) is 10.9 Å². The maximum Gasteiger partial charge on any atom is 0.229 e. The summed E-state index contributed by atoms with van der Waals surface area (Å²) in [6.45, 7) is 3.34. The molecule has 0 amide bonds. The number of hydrogen-bond acceptors (Lipinski definition) is 6. The molecule has 1 aliphatic heterocycles. The first-order chi connectivity index (χ1) is 11.6. The van der Waals surface area contributed by atoms with Gasteiger partial charge in [0.1, 0.15) is 5.82 Å². The van der Waals surface area contributed by atoms with Gasteiger partial charge in [-0.1, -0.05) is 23.7 Å². The summed E-state index contributed by atoms with van der Waals surface area (Å²) in [6.07, 6.45) is 1.70. The van der Waals surface area contributed by atoms with Crippen LogP contribution in [0.25, 0.3) is 11.0 Å². The van der Waals surface area contributed by atoms with Crippen LogP contribution >= 0.6 is 11.6 Å². The predicted molar refractivity (Wildman–Crippen MR) is 96.6 cm³/mol. The number of rotatable bonds is 2. The van der Waals surface area contributed by atoms with Crippen molar-refractivity contribution in [2.45, 2.75) is 0 Å². The van der Waals surface area contributed by atoms with Gasteiger partial charge in [-0.2, -0.15) is 15.1 Å². The summed E-state index contributed by atoms with van der Waals surface area (Å²) >= 11 is 6.30. The lowest BCUT2D eigenvalue weighted by Gasteiger charge is -2.36. The van der Waals surface area contributed by atoms with E-state index in [4.69, 9.17) is 17.3 Å². The molecular weight excluding hydrogens is 326 g/mol. The molecule has 2 aromatic heterocycles. The summed E-state index contributed by atoms with van der Waals surface area (Å²) in [5.41, 5.74) is 7.88. The van der Waals surface area contributed by atoms with E-state index < -0.39 is 0 Å². The molecule has 124 valence electrons. The highest BCUT2D eigenvalue weighted by molar-refractivity contribution is 6.33. The summed E-state index contributed by atoms with van der Waals surface area (Å²) < 4.78 is 1.72. The number of halogens is 1. The zero-order valence-corrected chi connectivity index (χ0v) is 14.1. The van der Waals surface area contributed by atoms with E-state index in [1.165, 1.54) is 0 Å². The van der Waals surface area contributed by atoms with Crippen molar-refractivity contribution in [2.24, 2.45) is 7.05 Å². The number of benzene rings is 1. The number of para-hydroxylation sites is 1. The summed E-state index contributed by atoms with van der Waals surface area (Å²) in [5.74, 6) is 1.12. The van der Waals surface area contributed by atoms with Gasteiger partial charge in [0.25, 0.3) is 0 Å². The molecule has 0 aliphatic carbocycles. The third kappa shape index (κ3) is 2.50. The molecule has 0 radical (unpaired) electrons. The Bertz CT molecular complexity index is 883. The van der Waals surface area contributed by atoms with Crippen LogP contribution in [0.1, 0.15) is 0 Å². The number of aromatic nitrogens is 4. The van der Waals surface area contributed by atoms with Crippen molar-refractivity contribution >= 4 is 40.1 Å². The average Bonchev–Trinajstić information content (AvgIpc) is 2.97. The van der Waals surface area contributed by atoms with Gasteiger partial charge in [0.05, 0.1) is 22.3 Å². The van der Waals surface area contributed by atoms with Crippen molar-refractivity contribution in [3.8, 4) is 0 Å². The lowest BCUT2D eigenvalue weighted by molar-refractivity contribution is 0.640. The molecule has 3 heterocycles. The van der Waals surface area contributed by atoms with Gasteiger partial charge >= 0.3 is 0 Å². The number of nitrogens with two attached hydrogens (primary N) is 1. The number of aryl methyl sites for hydroxylation is 1. The molecule has 0 unspecified atom stereocenters. The lowest BCUT2D eigenvalue weighted by Crippen LogP contribution is -2.47. The van der Waals surface area contributed by atoms with Crippen LogP contribution in [-0.2, 0) is 7.05 Å². The molecule has 3 aromatic rings. The van der Waals surface area contributed by atoms with Crippen LogP contribution in [0.2, 0.25) is 5.02 Å². The lowest BCUT2D eigenvalue weighted by atomic mass is 10.2. The molecule has 1 aliphatic rings. The number of anilines is 3. The number of nitrogen functional groups attached to an aromatic ring is 1. The van der Waals surface area contributed by atoms with Gasteiger partial charge in [-0.05, 0) is 12.1 Å². The Morgan fingerprint density at radius 2 is 1.75 bits per heavy atom. The molecule has 0 spiro atoms. The van der Waals surface area contributed by atoms with Crippen molar-refractivity contribution in [3.05, 3.63) is 35.5 Å². The van der Waals surface area contributed by atoms with Gasteiger partial charge in [0, 0.05) is 33.2 Å². The fourth-order valence-corrected chi connectivity index (χ4v) is 3.28. The van der Waals surface area contributed by atoms with Crippen molar-refractivity contribution < 1.29 is 0 Å². The molecule has 24 heavy (non-hydrogen) atoms. The zero-order valence-electron chi connectivity index (χ0n) is 13.4. The molecule has 8 heteroatoms. The fraction of sp³-hybridized carbons (Fsp3) is 0.312. The third-order valence-corrected chi connectivity index (χ3v) is 4.69. The smallest absolute Gasteiger partial charge is 0.229 e. The van der Waals surface area contributed by atoms with Gasteiger partial charge in [0.15, 0.2) is 5.65 Å². The van der Waals surface area contributed by atoms with E-state index in [-0.39, 0.29) is 0 Å². The molecule has 0 atom stereocenters. The van der Waals surface area contributed by atoms with Crippen LogP contribution in [0.15, 0.2) is 30.5 Å². The van der Waals surface area contributed by atoms with Crippen LogP contribution < -0.4 is 15.5 Å². The van der Waals surface area contributed by atoms with Gasteiger partial charge in [-0.15, -0.1) is 0 Å². The minimum Gasteiger partial charge on any atom is -0.383 e. The predicted octanol–water partition coefficient (Wildman–Crippen LogP) is 1.93. The number of hydrogen-bond donors (Lipinski definition) is 1. The molecule has 1 aromatic carbocycles. The Kier molecular flexibility index (Phi) is 3.65. The van der Waals surface area contributed by atoms with Gasteiger partial charge < -0.3 is 15.5 Å². The van der Waals surface area contributed by atoms with Crippen molar-refractivity contribution in [1.82, 2.24) is 19.7 Å². The van der Waals surface area contributed by atoms with Crippen LogP contribution in [-0.4, -0.2) is 45.9 Å². The topological polar surface area (TPSA) is 76.1 Å². The first-order valence-electron chi connectivity index (χ1n) is 7.83. The van der Waals surface area contributed by atoms with Crippen LogP contribution in [0.3, 0.4) is 0 Å². The summed E-state index contributed by atoms with van der Waals surface area (Å²) in [6, 6.07) is 7.92. The maximum absolute atomic E-state index is 6.30. The van der Waals surface area contributed by atoms with Gasteiger partial charge in [-0.25, -0.2) is 0 Å². The summed E-state index contributed by atoms with van der Waals surface area (Å²) in [7, 11) is 1.86. The minimum atomic E-state index is 0.469. The average molecular weight is 344 g/mol. The minimum absolute atomic E-state index is 0.469. The highest BCUT2D eigenvalue weighted by atomic mass is 35.5. The molecule has 0 saturated carbocycles. The molecular formula is C16H18ClN7. The van der Waals surface area contributed by atoms with E-state index in [0.717, 1.165) is 47.9 Å². The largest absolute Gasteiger partial charge is 0.383 e. The molecule has 2 N–H and O–H groups in total. The Morgan fingerprint density at radius 3 is 2.50 bits per heavy atom.